The third-order valence-corrected chi connectivity index (χ3v) is 0. The van der Waals surface area contributed by atoms with E-state index < -0.39 is 0 Å². The second kappa shape index (κ2) is 133. The molecule has 0 rings (SSSR count). The summed E-state index contributed by atoms with van der Waals surface area (Å²) in [6, 6.07) is 0. The molecule has 0 aromatic heterocycles. The molecule has 0 heterocycles. The Labute approximate surface area is 71.3 Å². The van der Waals surface area contributed by atoms with Crippen molar-refractivity contribution in [2.45, 2.75) is 56.0 Å². The van der Waals surface area contributed by atoms with E-state index in [4.69, 9.17) is 0 Å². The molecule has 0 unspecified atom stereocenters. The van der Waals surface area contributed by atoms with Gasteiger partial charge in [0.2, 0.25) is 0 Å². The lowest BCUT2D eigenvalue weighted by molar-refractivity contribution is 1.50. The predicted octanol–water partition coefficient (Wildman–Crippen LogP) is 3.87. The lowest BCUT2D eigenvalue weighted by Crippen LogP contribution is -1.53. The van der Waals surface area contributed by atoms with Crippen molar-refractivity contribution in [2.24, 2.45) is 0 Å². The second-order valence-electron chi connectivity index (χ2n) is 1.15. The minimum absolute atomic E-state index is 0. The first kappa shape index (κ1) is 32.1. The number of hydrogen-bond acceptors (Lipinski definition) is 0. The summed E-state index contributed by atoms with van der Waals surface area (Å²) in [5.41, 5.74) is 0. The topological polar surface area (TPSA) is 0 Å². The molecule has 0 aromatic rings. The maximum absolute atomic E-state index is 2.00. The molecular weight excluding hydrogens is 118 g/mol. The molecular formula is C8H26B2. The highest BCUT2D eigenvalue weighted by Gasteiger charge is 1.43. The van der Waals surface area contributed by atoms with Gasteiger partial charge in [0.1, 0.15) is 14.6 Å². The van der Waals surface area contributed by atoms with Crippen LogP contribution in [0.1, 0.15) is 28.7 Å². The van der Waals surface area contributed by atoms with Crippen molar-refractivity contribution < 1.29 is 0 Å². The van der Waals surface area contributed by atoms with Crippen LogP contribution in [-0.4, -0.2) is 14.6 Å². The van der Waals surface area contributed by atoms with Gasteiger partial charge in [0, 0.05) is 0 Å². The summed E-state index contributed by atoms with van der Waals surface area (Å²) in [4.78, 5) is 0. The normalized spacial score (nSPS) is 3.40. The molecule has 0 aliphatic heterocycles. The van der Waals surface area contributed by atoms with Gasteiger partial charge in [-0.25, -0.2) is 0 Å². The Hall–Kier alpha value is 0.130. The van der Waals surface area contributed by atoms with Crippen molar-refractivity contribution in [1.29, 1.82) is 0 Å². The van der Waals surface area contributed by atoms with Crippen LogP contribution in [0.25, 0.3) is 0 Å². The van der Waals surface area contributed by atoms with E-state index >= 15 is 0 Å². The maximum Gasteiger partial charge on any atom is 0.102 e. The zero-order valence-corrected chi connectivity index (χ0v) is 7.15. The first-order valence-electron chi connectivity index (χ1n) is 3.31. The molecule has 0 nitrogen and oxygen atoms in total. The van der Waals surface area contributed by atoms with Crippen LogP contribution in [0.4, 0.5) is 0 Å². The van der Waals surface area contributed by atoms with E-state index in [2.05, 4.69) is 0 Å². The van der Waals surface area contributed by atoms with E-state index in [1.807, 2.05) is 55.7 Å². The van der Waals surface area contributed by atoms with Crippen LogP contribution < -0.4 is 0 Å². The highest BCUT2D eigenvalue weighted by molar-refractivity contribution is 6.31. The molecule has 10 heavy (non-hydrogen) atoms. The van der Waals surface area contributed by atoms with Gasteiger partial charge in [-0.05, 0) is 0 Å². The van der Waals surface area contributed by atoms with Gasteiger partial charge in [0.05, 0.1) is 0 Å². The van der Waals surface area contributed by atoms with Gasteiger partial charge >= 0.3 is 0 Å². The Morgan fingerprint density at radius 3 is 0.600 bits per heavy atom. The molecule has 0 N–H and O–H groups in total. The maximum atomic E-state index is 2.00. The molecule has 0 aromatic carbocycles. The summed E-state index contributed by atoms with van der Waals surface area (Å²) in [6.45, 7) is 12.0. The molecule has 0 bridgehead atoms. The molecule has 0 fully saturated rings. The lowest BCUT2D eigenvalue weighted by Gasteiger charge is -1.41. The minimum Gasteiger partial charge on any atom is -0.0922 e. The summed E-state index contributed by atoms with van der Waals surface area (Å²) in [7, 11) is 4.00. The molecule has 64 valence electrons. The van der Waals surface area contributed by atoms with Gasteiger partial charge in [-0.1, -0.05) is 56.0 Å². The number of rotatable bonds is 0. The van der Waals surface area contributed by atoms with E-state index in [-0.39, 0.29) is 14.9 Å². The summed E-state index contributed by atoms with van der Waals surface area (Å²) < 4.78 is 0. The van der Waals surface area contributed by atoms with Gasteiger partial charge in [-0.15, -0.1) is 0 Å². The van der Waals surface area contributed by atoms with Crippen LogP contribution in [0, 0.1) is 0 Å². The standard InChI is InChI=1S/2C2H6B.C2H6.2CH4/c2*1-3-2;1-2;;/h2*1-2H3;1-2H3;2*1H4. The van der Waals surface area contributed by atoms with E-state index in [1.165, 1.54) is 0 Å². The van der Waals surface area contributed by atoms with Crippen LogP contribution in [0.2, 0.25) is 27.3 Å². The van der Waals surface area contributed by atoms with Crippen molar-refractivity contribution in [3.63, 3.8) is 0 Å². The first-order chi connectivity index (χ1) is 3.83. The van der Waals surface area contributed by atoms with Crippen LogP contribution in [0.5, 0.6) is 0 Å². The predicted molar refractivity (Wildman–Crippen MR) is 59.8 cm³/mol. The molecule has 0 atom stereocenters. The van der Waals surface area contributed by atoms with Crippen LogP contribution >= 0.6 is 0 Å². The molecule has 0 aliphatic rings. The fourth-order valence-electron chi connectivity index (χ4n) is 0. The van der Waals surface area contributed by atoms with Gasteiger partial charge < -0.3 is 0 Å². The van der Waals surface area contributed by atoms with E-state index in [0.717, 1.165) is 0 Å². The lowest BCUT2D eigenvalue weighted by atomic mass is 9.88. The Morgan fingerprint density at radius 2 is 0.600 bits per heavy atom. The third-order valence-electron chi connectivity index (χ3n) is 0. The van der Waals surface area contributed by atoms with Gasteiger partial charge in [-0.2, -0.15) is 0 Å². The first-order valence-corrected chi connectivity index (χ1v) is 3.31. The van der Waals surface area contributed by atoms with E-state index in [9.17, 15) is 0 Å². The molecule has 0 saturated carbocycles. The Balaban J connectivity index is -0.0000000116. The van der Waals surface area contributed by atoms with Crippen molar-refractivity contribution >= 4 is 14.6 Å². The molecule has 2 heteroatoms. The molecule has 0 spiro atoms. The molecule has 0 amide bonds. The average molecular weight is 144 g/mol. The average Bonchev–Trinajstić information content (AvgIpc) is 1.75. The summed E-state index contributed by atoms with van der Waals surface area (Å²) in [6.07, 6.45) is 0. The van der Waals surface area contributed by atoms with Crippen molar-refractivity contribution in [3.8, 4) is 0 Å². The van der Waals surface area contributed by atoms with Crippen LogP contribution in [0.15, 0.2) is 0 Å². The summed E-state index contributed by atoms with van der Waals surface area (Å²) in [5, 5.41) is 0. The summed E-state index contributed by atoms with van der Waals surface area (Å²) >= 11 is 0. The Bertz CT molecular complexity index is 9.22. The van der Waals surface area contributed by atoms with Crippen molar-refractivity contribution in [3.05, 3.63) is 0 Å². The minimum atomic E-state index is 0. The van der Waals surface area contributed by atoms with Crippen molar-refractivity contribution in [1.82, 2.24) is 0 Å². The monoisotopic (exact) mass is 144 g/mol. The molecule has 2 radical (unpaired) electrons. The zero-order valence-electron chi connectivity index (χ0n) is 7.15. The van der Waals surface area contributed by atoms with Crippen LogP contribution in [0.3, 0.4) is 0 Å². The highest BCUT2D eigenvalue weighted by atomic mass is 13.0. The third kappa shape index (κ3) is 24500. The van der Waals surface area contributed by atoms with E-state index in [0.29, 0.717) is 0 Å². The smallest absolute Gasteiger partial charge is 0.0922 e. The Morgan fingerprint density at radius 1 is 0.600 bits per heavy atom. The molecule has 0 saturated heterocycles. The fraction of sp³-hybridized carbons (Fsp3) is 1.00. The SMILES string of the molecule is C.C.CC.C[B]C.C[B]C. The molecule has 0 aliphatic carbocycles. The fourth-order valence-corrected chi connectivity index (χ4v) is 0. The Kier molecular flexibility index (Phi) is 427. The van der Waals surface area contributed by atoms with Crippen molar-refractivity contribution in [2.75, 3.05) is 0 Å². The highest BCUT2D eigenvalue weighted by Crippen LogP contribution is 1.37. The van der Waals surface area contributed by atoms with Crippen LogP contribution in [-0.2, 0) is 0 Å². The largest absolute Gasteiger partial charge is 0.102 e. The van der Waals surface area contributed by atoms with E-state index in [1.54, 1.807) is 0 Å². The second-order valence-corrected chi connectivity index (χ2v) is 1.15. The van der Waals surface area contributed by atoms with Gasteiger partial charge in [0.25, 0.3) is 0 Å². The quantitative estimate of drug-likeness (QED) is 0.452. The van der Waals surface area contributed by atoms with Gasteiger partial charge in [0.15, 0.2) is 0 Å². The summed E-state index contributed by atoms with van der Waals surface area (Å²) in [5.74, 6) is 0. The number of hydrogen-bond donors (Lipinski definition) is 0. The van der Waals surface area contributed by atoms with Gasteiger partial charge in [-0.3, -0.25) is 0 Å². The zero-order chi connectivity index (χ0) is 7.41.